The Morgan fingerprint density at radius 1 is 1.14 bits per heavy atom. The molecule has 0 radical (unpaired) electrons. The van der Waals surface area contributed by atoms with E-state index in [9.17, 15) is 9.36 Å². The van der Waals surface area contributed by atoms with Crippen LogP contribution in [0, 0.1) is 0 Å². The van der Waals surface area contributed by atoms with Crippen LogP contribution in [-0.2, 0) is 18.8 Å². The van der Waals surface area contributed by atoms with E-state index in [-0.39, 0.29) is 59.7 Å². The Labute approximate surface area is 214 Å². The molecule has 8 unspecified atom stereocenters. The van der Waals surface area contributed by atoms with E-state index in [4.69, 9.17) is 21.1 Å². The largest absolute Gasteiger partial charge is 0.376 e. The van der Waals surface area contributed by atoms with Gasteiger partial charge >= 0.3 is 0 Å². The third kappa shape index (κ3) is 7.51. The average Bonchev–Trinajstić information content (AvgIpc) is 2.79. The number of carbonyl (C=O) groups excluding carboxylic acids is 1. The van der Waals surface area contributed by atoms with Gasteiger partial charge in [0.2, 0.25) is 5.91 Å². The molecule has 4 aliphatic rings. The molecule has 35 heavy (non-hydrogen) atoms. The molecule has 200 valence electrons. The van der Waals surface area contributed by atoms with Gasteiger partial charge in [0.1, 0.15) is 12.4 Å². The number of amides is 1. The summed E-state index contributed by atoms with van der Waals surface area (Å²) in [5.41, 5.74) is 0.193. The molecule has 2 aliphatic carbocycles. The molecule has 11 heteroatoms. The van der Waals surface area contributed by atoms with Crippen LogP contribution in [0.15, 0.2) is 12.7 Å². The Hall–Kier alpha value is -0.510. The van der Waals surface area contributed by atoms with E-state index in [2.05, 4.69) is 33.2 Å². The van der Waals surface area contributed by atoms with Gasteiger partial charge in [0, 0.05) is 30.3 Å². The highest BCUT2D eigenvalue weighted by molar-refractivity contribution is 7.63. The molecule has 4 fully saturated rings. The summed E-state index contributed by atoms with van der Waals surface area (Å²) in [6.07, 6.45) is 8.04. The molecule has 4 rings (SSSR count). The summed E-state index contributed by atoms with van der Waals surface area (Å²) in [5.74, 6) is -0.144. The summed E-state index contributed by atoms with van der Waals surface area (Å²) in [6, 6.07) is 0.316. The van der Waals surface area contributed by atoms with E-state index in [1.165, 1.54) is 6.08 Å². The van der Waals surface area contributed by atoms with Crippen molar-refractivity contribution in [3.63, 3.8) is 0 Å². The normalized spacial score (nSPS) is 38.9. The van der Waals surface area contributed by atoms with E-state index in [1.54, 1.807) is 0 Å². The van der Waals surface area contributed by atoms with Gasteiger partial charge in [0.25, 0.3) is 0 Å². The van der Waals surface area contributed by atoms with Gasteiger partial charge in [-0.05, 0) is 51.5 Å². The monoisotopic (exact) mass is 531 g/mol. The number of carbonyl (C=O) groups is 1. The zero-order valence-corrected chi connectivity index (χ0v) is 22.7. The molecule has 1 amide bonds. The van der Waals surface area contributed by atoms with Crippen molar-refractivity contribution < 1.29 is 18.8 Å². The second-order valence-corrected chi connectivity index (χ2v) is 15.0. The summed E-state index contributed by atoms with van der Waals surface area (Å²) >= 11 is 6.71. The van der Waals surface area contributed by atoms with Crippen molar-refractivity contribution in [3.05, 3.63) is 12.7 Å². The van der Waals surface area contributed by atoms with E-state index < -0.39 is 7.14 Å². The Morgan fingerprint density at radius 3 is 2.60 bits per heavy atom. The van der Waals surface area contributed by atoms with Crippen LogP contribution in [0.2, 0.25) is 0 Å². The summed E-state index contributed by atoms with van der Waals surface area (Å²) in [5, 5.41) is 17.4. The molecule has 0 aromatic rings. The zero-order valence-electron chi connectivity index (χ0n) is 21.0. The molecule has 2 heterocycles. The van der Waals surface area contributed by atoms with Crippen molar-refractivity contribution >= 4 is 24.7 Å². The van der Waals surface area contributed by atoms with Gasteiger partial charge in [-0.2, -0.15) is 0 Å². The number of hydrogen-bond acceptors (Lipinski definition) is 8. The second kappa shape index (κ2) is 12.4. The first-order valence-electron chi connectivity index (χ1n) is 13.1. The van der Waals surface area contributed by atoms with Crippen LogP contribution in [0.4, 0.5) is 0 Å². The fraction of sp³-hybridized carbons (Fsp3) is 0.875. The SMILES string of the molecule is C=CC(=O)NC1CCC(OC2COC2)C(NC2NCC(Cl)C(NC3CCCCC3P(C)(C)=O)N2)C1. The van der Waals surface area contributed by atoms with Crippen LogP contribution in [0.25, 0.3) is 0 Å². The van der Waals surface area contributed by atoms with Gasteiger partial charge in [-0.3, -0.25) is 26.1 Å². The van der Waals surface area contributed by atoms with Crippen LogP contribution in [0.5, 0.6) is 0 Å². The zero-order chi connectivity index (χ0) is 25.0. The Bertz CT molecular complexity index is 781. The molecule has 2 aliphatic heterocycles. The Morgan fingerprint density at radius 2 is 1.91 bits per heavy atom. The molecule has 9 nitrogen and oxygen atoms in total. The first-order chi connectivity index (χ1) is 16.7. The van der Waals surface area contributed by atoms with Gasteiger partial charge in [0.05, 0.1) is 38.0 Å². The molecule has 0 bridgehead atoms. The fourth-order valence-electron chi connectivity index (χ4n) is 5.86. The lowest BCUT2D eigenvalue weighted by atomic mass is 9.88. The lowest BCUT2D eigenvalue weighted by Crippen LogP contribution is -2.72. The highest BCUT2D eigenvalue weighted by Gasteiger charge is 2.40. The molecule has 2 saturated carbocycles. The third-order valence-corrected chi connectivity index (χ3v) is 10.4. The van der Waals surface area contributed by atoms with Crippen LogP contribution in [-0.4, -0.2) is 92.8 Å². The van der Waals surface area contributed by atoms with Crippen molar-refractivity contribution in [2.45, 2.75) is 98.8 Å². The van der Waals surface area contributed by atoms with Gasteiger partial charge in [-0.25, -0.2) is 0 Å². The number of nitrogens with one attached hydrogen (secondary N) is 5. The number of halogens is 1. The van der Waals surface area contributed by atoms with Crippen LogP contribution in [0.3, 0.4) is 0 Å². The quantitative estimate of drug-likeness (QED) is 0.173. The van der Waals surface area contributed by atoms with Crippen molar-refractivity contribution in [1.29, 1.82) is 0 Å². The maximum absolute atomic E-state index is 12.9. The fourth-order valence-corrected chi connectivity index (χ4v) is 8.00. The van der Waals surface area contributed by atoms with Crippen molar-refractivity contribution in [2.75, 3.05) is 33.1 Å². The highest BCUT2D eigenvalue weighted by Crippen LogP contribution is 2.49. The molecular formula is C24H43ClN5O4P. The molecular weight excluding hydrogens is 489 g/mol. The Balaban J connectivity index is 1.38. The van der Waals surface area contributed by atoms with E-state index >= 15 is 0 Å². The van der Waals surface area contributed by atoms with E-state index in [0.717, 1.165) is 44.9 Å². The maximum Gasteiger partial charge on any atom is 0.243 e. The van der Waals surface area contributed by atoms with Gasteiger partial charge in [0.15, 0.2) is 0 Å². The number of rotatable bonds is 9. The summed E-state index contributed by atoms with van der Waals surface area (Å²) in [6.45, 7) is 9.31. The van der Waals surface area contributed by atoms with Gasteiger partial charge < -0.3 is 19.4 Å². The predicted octanol–water partition coefficient (Wildman–Crippen LogP) is 1.52. The number of hydrogen-bond donors (Lipinski definition) is 5. The van der Waals surface area contributed by atoms with Crippen molar-refractivity contribution in [2.24, 2.45) is 0 Å². The van der Waals surface area contributed by atoms with Gasteiger partial charge in [-0.15, -0.1) is 11.6 Å². The maximum atomic E-state index is 12.9. The first-order valence-corrected chi connectivity index (χ1v) is 16.2. The molecule has 0 aromatic heterocycles. The highest BCUT2D eigenvalue weighted by atomic mass is 35.5. The minimum Gasteiger partial charge on any atom is -0.376 e. The Kier molecular flexibility index (Phi) is 9.72. The molecule has 0 spiro atoms. The minimum absolute atomic E-state index is 0.0401. The lowest BCUT2D eigenvalue weighted by Gasteiger charge is -2.45. The standard InChI is InChI=1S/C24H43ClN5O4P/c1-4-22(31)27-15-9-10-20(34-16-13-33-14-16)19(11-15)29-24-26-12-17(25)23(30-24)28-18-7-5-6-8-21(18)35(2,3)32/h4,15-21,23-24,26,28-30H,1,5-14H2,2-3H3,(H,27,31). The lowest BCUT2D eigenvalue weighted by molar-refractivity contribution is -0.167. The first kappa shape index (κ1) is 27.5. The third-order valence-electron chi connectivity index (χ3n) is 7.82. The van der Waals surface area contributed by atoms with Crippen LogP contribution < -0.4 is 26.6 Å². The average molecular weight is 532 g/mol. The topological polar surface area (TPSA) is 113 Å². The smallest absolute Gasteiger partial charge is 0.243 e. The molecule has 5 N–H and O–H groups in total. The summed E-state index contributed by atoms with van der Waals surface area (Å²) in [7, 11) is -2.20. The van der Waals surface area contributed by atoms with Crippen LogP contribution in [0.1, 0.15) is 44.9 Å². The van der Waals surface area contributed by atoms with E-state index in [0.29, 0.717) is 19.8 Å². The molecule has 2 saturated heterocycles. The molecule has 8 atom stereocenters. The second-order valence-electron chi connectivity index (χ2n) is 10.9. The molecule has 0 aromatic carbocycles. The predicted molar refractivity (Wildman–Crippen MR) is 139 cm³/mol. The summed E-state index contributed by atoms with van der Waals surface area (Å²) in [4.78, 5) is 11.9. The van der Waals surface area contributed by atoms with Crippen molar-refractivity contribution in [3.8, 4) is 0 Å². The van der Waals surface area contributed by atoms with Crippen molar-refractivity contribution in [1.82, 2.24) is 26.6 Å². The number of ether oxygens (including phenoxy) is 2. The van der Waals surface area contributed by atoms with Crippen LogP contribution >= 0.6 is 18.7 Å². The minimum atomic E-state index is -2.20. The van der Waals surface area contributed by atoms with E-state index in [1.807, 2.05) is 13.3 Å². The van der Waals surface area contributed by atoms with Gasteiger partial charge in [-0.1, -0.05) is 19.4 Å². The number of alkyl halides is 1. The summed E-state index contributed by atoms with van der Waals surface area (Å²) < 4.78 is 24.6.